The first kappa shape index (κ1) is 10.6. The van der Waals surface area contributed by atoms with Gasteiger partial charge < -0.3 is 0 Å². The van der Waals surface area contributed by atoms with Gasteiger partial charge in [-0.15, -0.1) is 26.3 Å². The minimum Gasteiger partial charge on any atom is -0.141 e. The summed E-state index contributed by atoms with van der Waals surface area (Å²) in [5, 5.41) is 0. The Hall–Kier alpha value is -0.360. The molecule has 11 heavy (non-hydrogen) atoms. The Morgan fingerprint density at radius 3 is 1.45 bits per heavy atom. The topological polar surface area (TPSA) is 26.3 Å². The minimum atomic E-state index is -5.52. The zero-order valence-electron chi connectivity index (χ0n) is 4.53. The summed E-state index contributed by atoms with van der Waals surface area (Å²) < 4.78 is 77.8. The molecule has 0 bridgehead atoms. The third-order valence-electron chi connectivity index (χ3n) is 0.393. The highest BCUT2D eigenvalue weighted by Crippen LogP contribution is 2.47. The van der Waals surface area contributed by atoms with Crippen molar-refractivity contribution in [1.82, 2.24) is 0 Å². The zero-order chi connectivity index (χ0) is 9.28. The van der Waals surface area contributed by atoms with E-state index in [-0.39, 0.29) is 0 Å². The van der Waals surface area contributed by atoms with Crippen molar-refractivity contribution in [2.75, 3.05) is 0 Å². The molecule has 0 radical (unpaired) electrons. The van der Waals surface area contributed by atoms with Crippen LogP contribution >= 0.6 is 8.03 Å². The van der Waals surface area contributed by atoms with Crippen molar-refractivity contribution in [3.63, 3.8) is 0 Å². The summed E-state index contributed by atoms with van der Waals surface area (Å²) in [7, 11) is -4.68. The normalized spacial score (nSPS) is 14.9. The third-order valence-corrected chi connectivity index (χ3v) is 1.18. The van der Waals surface area contributed by atoms with Crippen molar-refractivity contribution in [3.8, 4) is 0 Å². The maximum Gasteiger partial charge on any atom is 0.640 e. The summed E-state index contributed by atoms with van der Waals surface area (Å²) >= 11 is 0. The van der Waals surface area contributed by atoms with Gasteiger partial charge in [0.25, 0.3) is 0 Å². The Morgan fingerprint density at radius 2 is 1.36 bits per heavy atom. The Balaban J connectivity index is 4.11. The van der Waals surface area contributed by atoms with E-state index in [1.54, 1.807) is 0 Å². The van der Waals surface area contributed by atoms with Crippen molar-refractivity contribution >= 4 is 8.03 Å². The second kappa shape index (κ2) is 2.94. The Labute approximate surface area is 57.0 Å². The number of rotatable bonds is 1. The summed E-state index contributed by atoms with van der Waals surface area (Å²) in [6, 6.07) is 0. The van der Waals surface area contributed by atoms with Crippen LogP contribution in [-0.2, 0) is 9.09 Å². The molecule has 0 amide bonds. The molecular weight excluding hydrogens is 201 g/mol. The first-order valence-corrected chi connectivity index (χ1v) is 3.10. The maximum absolute atomic E-state index is 11.1. The SMILES string of the molecule is O=[P+](OC(F)(F)F)C(F)(F)F. The largest absolute Gasteiger partial charge is 0.640 e. The van der Waals surface area contributed by atoms with Crippen LogP contribution in [0.1, 0.15) is 0 Å². The van der Waals surface area contributed by atoms with Gasteiger partial charge >= 0.3 is 20.3 Å². The molecule has 0 rings (SSSR count). The van der Waals surface area contributed by atoms with Gasteiger partial charge in [0.15, 0.2) is 0 Å². The van der Waals surface area contributed by atoms with E-state index < -0.39 is 20.3 Å². The highest BCUT2D eigenvalue weighted by Gasteiger charge is 2.61. The van der Waals surface area contributed by atoms with E-state index in [0.29, 0.717) is 0 Å². The van der Waals surface area contributed by atoms with Crippen molar-refractivity contribution in [1.29, 1.82) is 0 Å². The molecule has 1 unspecified atom stereocenters. The number of hydrogen-bond donors (Lipinski definition) is 0. The molecule has 9 heteroatoms. The fourth-order valence-electron chi connectivity index (χ4n) is 0.146. The summed E-state index contributed by atoms with van der Waals surface area (Å²) in [6.07, 6.45) is -5.52. The smallest absolute Gasteiger partial charge is 0.141 e. The lowest BCUT2D eigenvalue weighted by molar-refractivity contribution is -0.277. The molecule has 2 nitrogen and oxygen atoms in total. The molecule has 0 fully saturated rings. The quantitative estimate of drug-likeness (QED) is 0.481. The highest BCUT2D eigenvalue weighted by atomic mass is 31.1. The van der Waals surface area contributed by atoms with Crippen LogP contribution in [0.15, 0.2) is 0 Å². The monoisotopic (exact) mass is 201 g/mol. The molecule has 0 saturated carbocycles. The molecule has 0 aliphatic rings. The Kier molecular flexibility index (Phi) is 2.85. The Morgan fingerprint density at radius 1 is 1.00 bits per heavy atom. The van der Waals surface area contributed by atoms with Crippen LogP contribution in [0.2, 0.25) is 0 Å². The van der Waals surface area contributed by atoms with Crippen LogP contribution in [0.4, 0.5) is 26.3 Å². The van der Waals surface area contributed by atoms with Crippen LogP contribution in [0.3, 0.4) is 0 Å². The van der Waals surface area contributed by atoms with Crippen LogP contribution in [0.25, 0.3) is 0 Å². The van der Waals surface area contributed by atoms with E-state index in [2.05, 4.69) is 4.52 Å². The molecule has 0 N–H and O–H groups in total. The van der Waals surface area contributed by atoms with Crippen molar-refractivity contribution in [2.45, 2.75) is 12.3 Å². The van der Waals surface area contributed by atoms with E-state index in [9.17, 15) is 30.9 Å². The standard InChI is InChI=1S/C2F6O2P/c3-1(4,5)10-11(9)2(6,7)8/q+1. The van der Waals surface area contributed by atoms with Gasteiger partial charge in [-0.05, 0) is 9.09 Å². The van der Waals surface area contributed by atoms with Gasteiger partial charge in [0, 0.05) is 0 Å². The number of halogens is 6. The van der Waals surface area contributed by atoms with E-state index in [1.165, 1.54) is 0 Å². The molecule has 0 aromatic rings. The van der Waals surface area contributed by atoms with Gasteiger partial charge in [-0.25, -0.2) is 0 Å². The summed E-state index contributed by atoms with van der Waals surface area (Å²) in [6.45, 7) is 0. The summed E-state index contributed by atoms with van der Waals surface area (Å²) in [5.74, 6) is -5.47. The van der Waals surface area contributed by atoms with Gasteiger partial charge in [0.1, 0.15) is 0 Å². The van der Waals surface area contributed by atoms with Gasteiger partial charge in [-0.3, -0.25) is 0 Å². The van der Waals surface area contributed by atoms with E-state index in [1.807, 2.05) is 0 Å². The average molecular weight is 201 g/mol. The van der Waals surface area contributed by atoms with Gasteiger partial charge in [0.05, 0.1) is 0 Å². The number of hydrogen-bond acceptors (Lipinski definition) is 2. The van der Waals surface area contributed by atoms with Crippen LogP contribution in [0, 0.1) is 0 Å². The molecule has 1 atom stereocenters. The van der Waals surface area contributed by atoms with Crippen molar-refractivity contribution < 1.29 is 35.4 Å². The van der Waals surface area contributed by atoms with E-state index in [4.69, 9.17) is 0 Å². The highest BCUT2D eigenvalue weighted by molar-refractivity contribution is 7.40. The molecule has 0 saturated heterocycles. The van der Waals surface area contributed by atoms with Crippen LogP contribution in [-0.4, -0.2) is 12.3 Å². The first-order chi connectivity index (χ1) is 4.63. The summed E-state index contributed by atoms with van der Waals surface area (Å²) in [4.78, 5) is 0. The fraction of sp³-hybridized carbons (Fsp3) is 1.00. The second-order valence-electron chi connectivity index (χ2n) is 1.26. The first-order valence-electron chi connectivity index (χ1n) is 1.93. The molecule has 0 spiro atoms. The van der Waals surface area contributed by atoms with Crippen LogP contribution in [0.5, 0.6) is 0 Å². The van der Waals surface area contributed by atoms with E-state index >= 15 is 0 Å². The molecule has 0 aliphatic heterocycles. The summed E-state index contributed by atoms with van der Waals surface area (Å²) in [5.41, 5.74) is 0. The zero-order valence-corrected chi connectivity index (χ0v) is 5.43. The van der Waals surface area contributed by atoms with Crippen LogP contribution < -0.4 is 0 Å². The molecule has 0 aromatic heterocycles. The lowest BCUT2D eigenvalue weighted by Gasteiger charge is -1.95. The fourth-order valence-corrected chi connectivity index (χ4v) is 0.437. The van der Waals surface area contributed by atoms with Gasteiger partial charge in [-0.2, -0.15) is 0 Å². The maximum atomic E-state index is 11.1. The second-order valence-corrected chi connectivity index (χ2v) is 2.47. The molecule has 0 aromatic carbocycles. The predicted molar refractivity (Wildman–Crippen MR) is 20.8 cm³/mol. The average Bonchev–Trinajstić information content (AvgIpc) is 1.56. The Bertz CT molecular complexity index is 157. The van der Waals surface area contributed by atoms with Crippen molar-refractivity contribution in [3.05, 3.63) is 0 Å². The lowest BCUT2D eigenvalue weighted by Crippen LogP contribution is -2.13. The van der Waals surface area contributed by atoms with Crippen molar-refractivity contribution in [2.24, 2.45) is 0 Å². The third kappa shape index (κ3) is 4.97. The molecule has 0 aliphatic carbocycles. The van der Waals surface area contributed by atoms with Gasteiger partial charge in [-0.1, -0.05) is 0 Å². The molecule has 66 valence electrons. The predicted octanol–water partition coefficient (Wildman–Crippen LogP) is 2.78. The molecule has 0 heterocycles. The molecular formula is C2F6O2P+. The van der Waals surface area contributed by atoms with E-state index in [0.717, 1.165) is 0 Å². The minimum absolute atomic E-state index is 2.19. The lowest BCUT2D eigenvalue weighted by atomic mass is 11.4. The number of alkyl halides is 6. The van der Waals surface area contributed by atoms with Gasteiger partial charge in [0.2, 0.25) is 0 Å².